The quantitative estimate of drug-likeness (QED) is 0.602. The number of hydrogen-bond acceptors (Lipinski definition) is 3. The van der Waals surface area contributed by atoms with Gasteiger partial charge in [-0.3, -0.25) is 14.4 Å². The topological polar surface area (TPSA) is 100 Å². The Bertz CT molecular complexity index is 992. The molecule has 1 aliphatic heterocycles. The molecule has 0 fully saturated rings. The number of allylic oxidation sites excluding steroid dienone is 1. The van der Waals surface area contributed by atoms with Crippen molar-refractivity contribution in [3.63, 3.8) is 0 Å². The number of hydrogen-bond donors (Lipinski definition) is 3. The predicted octanol–water partition coefficient (Wildman–Crippen LogP) is 3.27. The molecular formula is C25H33N3O4. The summed E-state index contributed by atoms with van der Waals surface area (Å²) in [6.07, 6.45) is 8.52. The van der Waals surface area contributed by atoms with Crippen LogP contribution >= 0.6 is 0 Å². The number of nitrogens with one attached hydrogen (secondary N) is 2. The third kappa shape index (κ3) is 6.22. The van der Waals surface area contributed by atoms with Crippen LogP contribution in [0.4, 0.5) is 0 Å². The molecule has 3 N–H and O–H groups in total. The second-order valence-electron chi connectivity index (χ2n) is 8.91. The van der Waals surface area contributed by atoms with Crippen LogP contribution in [0.1, 0.15) is 45.1 Å². The van der Waals surface area contributed by atoms with Crippen LogP contribution in [0.3, 0.4) is 0 Å². The molecule has 0 unspecified atom stereocenters. The van der Waals surface area contributed by atoms with Crippen molar-refractivity contribution in [2.75, 3.05) is 6.54 Å². The fraction of sp³-hybridized carbons (Fsp3) is 0.480. The van der Waals surface area contributed by atoms with E-state index in [9.17, 15) is 19.5 Å². The summed E-state index contributed by atoms with van der Waals surface area (Å²) in [5, 5.41) is 16.1. The first-order chi connectivity index (χ1) is 15.3. The Morgan fingerprint density at radius 2 is 2.03 bits per heavy atom. The number of carboxylic acid groups (broad SMARTS) is 1. The molecule has 0 spiro atoms. The van der Waals surface area contributed by atoms with Crippen LogP contribution < -0.4 is 10.6 Å². The Morgan fingerprint density at radius 3 is 2.78 bits per heavy atom. The van der Waals surface area contributed by atoms with E-state index in [-0.39, 0.29) is 24.2 Å². The number of carboxylic acids is 1. The highest BCUT2D eigenvalue weighted by molar-refractivity contribution is 5.91. The lowest BCUT2D eigenvalue weighted by molar-refractivity contribution is -0.141. The van der Waals surface area contributed by atoms with Gasteiger partial charge in [0.15, 0.2) is 0 Å². The summed E-state index contributed by atoms with van der Waals surface area (Å²) in [5.41, 5.74) is 2.10. The lowest BCUT2D eigenvalue weighted by Crippen LogP contribution is -2.50. The Kier molecular flexibility index (Phi) is 8.09. The number of carbonyl (C=O) groups is 3. The summed E-state index contributed by atoms with van der Waals surface area (Å²) in [7, 11) is 0. The lowest BCUT2D eigenvalue weighted by Gasteiger charge is -2.22. The number of fused-ring (bicyclic) bond motifs is 5. The van der Waals surface area contributed by atoms with E-state index in [4.69, 9.17) is 0 Å². The summed E-state index contributed by atoms with van der Waals surface area (Å²) in [4.78, 5) is 37.3. The number of rotatable bonds is 6. The molecule has 1 aromatic carbocycles. The zero-order valence-electron chi connectivity index (χ0n) is 18.8. The third-order valence-corrected chi connectivity index (χ3v) is 5.81. The Morgan fingerprint density at radius 1 is 1.25 bits per heavy atom. The van der Waals surface area contributed by atoms with Gasteiger partial charge in [-0.2, -0.15) is 0 Å². The van der Waals surface area contributed by atoms with Gasteiger partial charge >= 0.3 is 5.97 Å². The summed E-state index contributed by atoms with van der Waals surface area (Å²) in [6.45, 7) is 5.18. The van der Waals surface area contributed by atoms with Gasteiger partial charge in [0, 0.05) is 42.5 Å². The normalized spacial score (nSPS) is 19.3. The summed E-state index contributed by atoms with van der Waals surface area (Å²) >= 11 is 0. The van der Waals surface area contributed by atoms with Crippen molar-refractivity contribution in [2.24, 2.45) is 11.8 Å². The van der Waals surface area contributed by atoms with E-state index < -0.39 is 17.9 Å². The summed E-state index contributed by atoms with van der Waals surface area (Å²) in [5.74, 6) is -2.17. The molecule has 0 radical (unpaired) electrons. The second kappa shape index (κ2) is 11.0. The van der Waals surface area contributed by atoms with E-state index in [0.29, 0.717) is 19.4 Å². The molecule has 7 nitrogen and oxygen atoms in total. The number of amides is 2. The lowest BCUT2D eigenvalue weighted by atomic mass is 9.92. The largest absolute Gasteiger partial charge is 0.481 e. The maximum absolute atomic E-state index is 13.0. The maximum atomic E-state index is 13.0. The van der Waals surface area contributed by atoms with Crippen molar-refractivity contribution in [3.8, 4) is 0 Å². The molecule has 1 aromatic heterocycles. The average molecular weight is 440 g/mol. The van der Waals surface area contributed by atoms with E-state index in [2.05, 4.69) is 33.5 Å². The fourth-order valence-electron chi connectivity index (χ4n) is 4.32. The van der Waals surface area contributed by atoms with Gasteiger partial charge in [-0.25, -0.2) is 0 Å². The van der Waals surface area contributed by atoms with E-state index in [1.165, 1.54) is 0 Å². The van der Waals surface area contributed by atoms with E-state index in [1.54, 1.807) is 0 Å². The highest BCUT2D eigenvalue weighted by Crippen LogP contribution is 2.24. The van der Waals surface area contributed by atoms with Gasteiger partial charge in [-0.05, 0) is 36.8 Å². The molecule has 0 saturated heterocycles. The number of aryl methyl sites for hydroxylation is 1. The Labute approximate surface area is 188 Å². The SMILES string of the molecule is CC(C)C[C@H](CC(=O)O)C(=O)N[C@H]1Cc2cn(c3ccccc23)CCC/C=C\CNC1=O. The van der Waals surface area contributed by atoms with Gasteiger partial charge < -0.3 is 20.3 Å². The van der Waals surface area contributed by atoms with Crippen LogP contribution in [0.2, 0.25) is 0 Å². The van der Waals surface area contributed by atoms with E-state index >= 15 is 0 Å². The van der Waals surface area contributed by atoms with Crippen LogP contribution in [-0.2, 0) is 27.3 Å². The average Bonchev–Trinajstić information content (AvgIpc) is 3.08. The van der Waals surface area contributed by atoms with Gasteiger partial charge in [-0.15, -0.1) is 0 Å². The minimum atomic E-state index is -1.02. The van der Waals surface area contributed by atoms with Gasteiger partial charge in [0.05, 0.1) is 6.42 Å². The number of aliphatic carboxylic acids is 1. The molecule has 0 saturated carbocycles. The smallest absolute Gasteiger partial charge is 0.304 e. The minimum absolute atomic E-state index is 0.169. The van der Waals surface area contributed by atoms with Crippen molar-refractivity contribution in [1.82, 2.24) is 15.2 Å². The zero-order valence-corrected chi connectivity index (χ0v) is 18.8. The van der Waals surface area contributed by atoms with Crippen LogP contribution in [0.25, 0.3) is 10.9 Å². The molecule has 1 aliphatic rings. The number of para-hydroxylation sites is 1. The first-order valence-electron chi connectivity index (χ1n) is 11.4. The Balaban J connectivity index is 1.90. The van der Waals surface area contributed by atoms with Crippen LogP contribution in [-0.4, -0.2) is 40.0 Å². The number of aromatic nitrogens is 1. The molecule has 2 bridgehead atoms. The van der Waals surface area contributed by atoms with E-state index in [1.807, 2.05) is 38.1 Å². The van der Waals surface area contributed by atoms with Gasteiger partial charge in [0.1, 0.15) is 6.04 Å². The van der Waals surface area contributed by atoms with Crippen LogP contribution in [0.15, 0.2) is 42.6 Å². The van der Waals surface area contributed by atoms with Crippen molar-refractivity contribution in [2.45, 2.75) is 58.5 Å². The molecular weight excluding hydrogens is 406 g/mol. The predicted molar refractivity (Wildman–Crippen MR) is 124 cm³/mol. The second-order valence-corrected chi connectivity index (χ2v) is 8.91. The monoisotopic (exact) mass is 439 g/mol. The van der Waals surface area contributed by atoms with Crippen molar-refractivity contribution in [3.05, 3.63) is 48.2 Å². The fourth-order valence-corrected chi connectivity index (χ4v) is 4.32. The third-order valence-electron chi connectivity index (χ3n) is 5.81. The minimum Gasteiger partial charge on any atom is -0.481 e. The van der Waals surface area contributed by atoms with Crippen LogP contribution in [0, 0.1) is 11.8 Å². The zero-order chi connectivity index (χ0) is 23.1. The number of benzene rings is 1. The summed E-state index contributed by atoms with van der Waals surface area (Å²) < 4.78 is 2.21. The molecule has 172 valence electrons. The van der Waals surface area contributed by atoms with Gasteiger partial charge in [-0.1, -0.05) is 44.2 Å². The van der Waals surface area contributed by atoms with Crippen molar-refractivity contribution < 1.29 is 19.5 Å². The molecule has 3 rings (SSSR count). The number of carbonyl (C=O) groups excluding carboxylic acids is 2. The molecule has 7 heteroatoms. The molecule has 2 aromatic rings. The number of nitrogens with zero attached hydrogens (tertiary/aromatic N) is 1. The maximum Gasteiger partial charge on any atom is 0.304 e. The van der Waals surface area contributed by atoms with E-state index in [0.717, 1.165) is 35.9 Å². The molecule has 32 heavy (non-hydrogen) atoms. The Hall–Kier alpha value is -3.09. The summed E-state index contributed by atoms with van der Waals surface area (Å²) in [6, 6.07) is 7.30. The van der Waals surface area contributed by atoms with Crippen LogP contribution in [0.5, 0.6) is 0 Å². The van der Waals surface area contributed by atoms with Crippen molar-refractivity contribution in [1.29, 1.82) is 0 Å². The van der Waals surface area contributed by atoms with Gasteiger partial charge in [0.25, 0.3) is 0 Å². The highest BCUT2D eigenvalue weighted by Gasteiger charge is 2.28. The molecule has 2 amide bonds. The standard InChI is InChI=1S/C25H33N3O4/c1-17(2)13-18(15-23(29)30)24(31)27-21-14-19-16-28(22-10-6-5-9-20(19)22)12-8-4-3-7-11-26-25(21)32/h3,5-7,9-10,16-18,21H,4,8,11-15H2,1-2H3,(H,26,32)(H,27,31)(H,29,30)/b7-3-/t18-,21+/m1/s1. The van der Waals surface area contributed by atoms with Gasteiger partial charge in [0.2, 0.25) is 11.8 Å². The molecule has 2 heterocycles. The molecule has 0 aliphatic carbocycles. The highest BCUT2D eigenvalue weighted by atomic mass is 16.4. The first kappa shape index (κ1) is 23.6. The first-order valence-corrected chi connectivity index (χ1v) is 11.4. The van der Waals surface area contributed by atoms with Crippen molar-refractivity contribution >= 4 is 28.7 Å². The molecule has 2 atom stereocenters.